The topological polar surface area (TPSA) is 35.5 Å². The van der Waals surface area contributed by atoms with Gasteiger partial charge in [-0.25, -0.2) is 0 Å². The summed E-state index contributed by atoms with van der Waals surface area (Å²) in [7, 11) is 3.16. The molecule has 98 valence electrons. The van der Waals surface area contributed by atoms with E-state index in [-0.39, 0.29) is 11.7 Å². The molecular weight excluding hydrogens is 296 g/mol. The van der Waals surface area contributed by atoms with E-state index < -0.39 is 0 Å². The zero-order valence-electron chi connectivity index (χ0n) is 10.8. The van der Waals surface area contributed by atoms with Gasteiger partial charge in [0, 0.05) is 16.5 Å². The van der Waals surface area contributed by atoms with Crippen molar-refractivity contribution in [2.45, 2.75) is 19.8 Å². The molecular formula is C14H17BrO3. The zero-order valence-corrected chi connectivity index (χ0v) is 12.4. The van der Waals surface area contributed by atoms with Crippen molar-refractivity contribution in [2.24, 2.45) is 11.8 Å². The molecule has 3 nitrogen and oxygen atoms in total. The molecule has 1 saturated carbocycles. The molecule has 2 rings (SSSR count). The smallest absolute Gasteiger partial charge is 0.170 e. The number of hydrogen-bond donors (Lipinski definition) is 0. The molecule has 0 saturated heterocycles. The minimum atomic E-state index is 0.0589. The number of carbonyl (C=O) groups is 1. The van der Waals surface area contributed by atoms with Crippen LogP contribution in [0.5, 0.6) is 11.5 Å². The normalized spacial score (nSPS) is 16.2. The van der Waals surface area contributed by atoms with Gasteiger partial charge in [0.1, 0.15) is 11.5 Å². The number of rotatable bonds is 5. The Balaban J connectivity index is 2.38. The van der Waals surface area contributed by atoms with Crippen LogP contribution in [0.3, 0.4) is 0 Å². The summed E-state index contributed by atoms with van der Waals surface area (Å²) in [6.07, 6.45) is 2.31. The Bertz CT molecular complexity index is 466. The highest BCUT2D eigenvalue weighted by Gasteiger charge is 2.35. The Kier molecular flexibility index (Phi) is 3.95. The molecule has 0 heterocycles. The number of ketones is 1. The standard InChI is InChI=1S/C14H17BrO3/c1-8(9-4-5-9)14(16)13-11(15)6-10(17-2)7-12(13)18-3/h6-9H,4-5H2,1-3H3. The monoisotopic (exact) mass is 312 g/mol. The van der Waals surface area contributed by atoms with Gasteiger partial charge in [0.05, 0.1) is 19.8 Å². The maximum Gasteiger partial charge on any atom is 0.170 e. The first kappa shape index (κ1) is 13.4. The minimum Gasteiger partial charge on any atom is -0.497 e. The van der Waals surface area contributed by atoms with Crippen molar-refractivity contribution in [3.8, 4) is 11.5 Å². The number of hydrogen-bond acceptors (Lipinski definition) is 3. The molecule has 18 heavy (non-hydrogen) atoms. The van der Waals surface area contributed by atoms with Crippen LogP contribution in [0.2, 0.25) is 0 Å². The largest absolute Gasteiger partial charge is 0.497 e. The Morgan fingerprint density at radius 2 is 2.00 bits per heavy atom. The van der Waals surface area contributed by atoms with Crippen LogP contribution in [-0.2, 0) is 0 Å². The molecule has 1 aliphatic rings. The van der Waals surface area contributed by atoms with Gasteiger partial charge in [-0.05, 0) is 40.8 Å². The summed E-state index contributed by atoms with van der Waals surface area (Å²) in [6, 6.07) is 3.55. The molecule has 0 spiro atoms. The lowest BCUT2D eigenvalue weighted by Crippen LogP contribution is -2.15. The number of benzene rings is 1. The van der Waals surface area contributed by atoms with Gasteiger partial charge in [0.2, 0.25) is 0 Å². The summed E-state index contributed by atoms with van der Waals surface area (Å²) in [5.74, 6) is 1.98. The number of ether oxygens (including phenoxy) is 2. The summed E-state index contributed by atoms with van der Waals surface area (Å²) in [6.45, 7) is 2.00. The highest BCUT2D eigenvalue weighted by atomic mass is 79.9. The van der Waals surface area contributed by atoms with Gasteiger partial charge in [-0.3, -0.25) is 4.79 Å². The van der Waals surface area contributed by atoms with E-state index >= 15 is 0 Å². The second-order valence-corrected chi connectivity index (χ2v) is 5.53. The van der Waals surface area contributed by atoms with Gasteiger partial charge in [-0.15, -0.1) is 0 Å². The fourth-order valence-corrected chi connectivity index (χ4v) is 2.73. The Hall–Kier alpha value is -1.03. The second kappa shape index (κ2) is 5.31. The van der Waals surface area contributed by atoms with Crippen LogP contribution in [0.4, 0.5) is 0 Å². The molecule has 1 aliphatic carbocycles. The fourth-order valence-electron chi connectivity index (χ4n) is 2.11. The molecule has 1 aromatic carbocycles. The molecule has 4 heteroatoms. The van der Waals surface area contributed by atoms with Gasteiger partial charge >= 0.3 is 0 Å². The summed E-state index contributed by atoms with van der Waals surface area (Å²) in [5, 5.41) is 0. The SMILES string of the molecule is COc1cc(Br)c(C(=O)C(C)C2CC2)c(OC)c1. The van der Waals surface area contributed by atoms with E-state index in [9.17, 15) is 4.79 Å². The molecule has 0 aromatic heterocycles. The third-order valence-corrected chi connectivity index (χ3v) is 4.10. The van der Waals surface area contributed by atoms with Gasteiger partial charge < -0.3 is 9.47 Å². The fraction of sp³-hybridized carbons (Fsp3) is 0.500. The molecule has 0 radical (unpaired) electrons. The number of methoxy groups -OCH3 is 2. The van der Waals surface area contributed by atoms with Crippen LogP contribution >= 0.6 is 15.9 Å². The van der Waals surface area contributed by atoms with E-state index in [4.69, 9.17) is 9.47 Å². The van der Waals surface area contributed by atoms with E-state index in [0.717, 1.165) is 17.3 Å². The summed E-state index contributed by atoms with van der Waals surface area (Å²) < 4.78 is 11.2. The Labute approximate surface area is 116 Å². The van der Waals surface area contributed by atoms with Crippen LogP contribution in [0.1, 0.15) is 30.1 Å². The van der Waals surface area contributed by atoms with E-state index in [1.807, 2.05) is 6.92 Å². The maximum atomic E-state index is 12.5. The van der Waals surface area contributed by atoms with E-state index in [1.54, 1.807) is 26.4 Å². The van der Waals surface area contributed by atoms with E-state index in [1.165, 1.54) is 0 Å². The molecule has 1 aromatic rings. The number of carbonyl (C=O) groups excluding carboxylic acids is 1. The summed E-state index contributed by atoms with van der Waals surface area (Å²) in [5.41, 5.74) is 0.623. The quantitative estimate of drug-likeness (QED) is 0.778. The molecule has 1 fully saturated rings. The van der Waals surface area contributed by atoms with Crippen molar-refractivity contribution in [1.82, 2.24) is 0 Å². The average Bonchev–Trinajstić information content (AvgIpc) is 3.20. The number of Topliss-reactive ketones (excluding diaryl/α,β-unsaturated/α-hetero) is 1. The minimum absolute atomic E-state index is 0.0589. The lowest BCUT2D eigenvalue weighted by atomic mass is 9.94. The second-order valence-electron chi connectivity index (χ2n) is 4.68. The molecule has 0 bridgehead atoms. The molecule has 1 atom stereocenters. The maximum absolute atomic E-state index is 12.5. The molecule has 0 amide bonds. The third kappa shape index (κ3) is 2.53. The lowest BCUT2D eigenvalue weighted by Gasteiger charge is -2.15. The van der Waals surface area contributed by atoms with Crippen molar-refractivity contribution in [3.05, 3.63) is 22.2 Å². The predicted octanol–water partition coefficient (Wildman–Crippen LogP) is 3.70. The van der Waals surface area contributed by atoms with Gasteiger partial charge in [0.15, 0.2) is 5.78 Å². The highest BCUT2D eigenvalue weighted by Crippen LogP contribution is 2.41. The Morgan fingerprint density at radius 3 is 2.50 bits per heavy atom. The van der Waals surface area contributed by atoms with E-state index in [0.29, 0.717) is 23.0 Å². The zero-order chi connectivity index (χ0) is 13.3. The summed E-state index contributed by atoms with van der Waals surface area (Å²) in [4.78, 5) is 12.5. The van der Waals surface area contributed by atoms with Crippen LogP contribution in [0.15, 0.2) is 16.6 Å². The van der Waals surface area contributed by atoms with Crippen molar-refractivity contribution in [3.63, 3.8) is 0 Å². The van der Waals surface area contributed by atoms with Crippen LogP contribution in [0, 0.1) is 11.8 Å². The van der Waals surface area contributed by atoms with E-state index in [2.05, 4.69) is 15.9 Å². The third-order valence-electron chi connectivity index (χ3n) is 3.47. The van der Waals surface area contributed by atoms with Crippen molar-refractivity contribution in [2.75, 3.05) is 14.2 Å². The van der Waals surface area contributed by atoms with Crippen LogP contribution in [-0.4, -0.2) is 20.0 Å². The summed E-state index contributed by atoms with van der Waals surface area (Å²) >= 11 is 3.44. The average molecular weight is 313 g/mol. The first-order valence-electron chi connectivity index (χ1n) is 6.04. The van der Waals surface area contributed by atoms with Gasteiger partial charge in [-0.2, -0.15) is 0 Å². The van der Waals surface area contributed by atoms with Crippen LogP contribution < -0.4 is 9.47 Å². The van der Waals surface area contributed by atoms with Gasteiger partial charge in [-0.1, -0.05) is 6.92 Å². The Morgan fingerprint density at radius 1 is 1.33 bits per heavy atom. The highest BCUT2D eigenvalue weighted by molar-refractivity contribution is 9.10. The van der Waals surface area contributed by atoms with Crippen molar-refractivity contribution >= 4 is 21.7 Å². The van der Waals surface area contributed by atoms with Crippen molar-refractivity contribution < 1.29 is 14.3 Å². The molecule has 1 unspecified atom stereocenters. The molecule has 0 aliphatic heterocycles. The lowest BCUT2D eigenvalue weighted by molar-refractivity contribution is 0.0912. The first-order valence-corrected chi connectivity index (χ1v) is 6.83. The first-order chi connectivity index (χ1) is 8.58. The number of halogens is 1. The van der Waals surface area contributed by atoms with Crippen molar-refractivity contribution in [1.29, 1.82) is 0 Å². The van der Waals surface area contributed by atoms with Crippen LogP contribution in [0.25, 0.3) is 0 Å². The predicted molar refractivity (Wildman–Crippen MR) is 73.5 cm³/mol. The van der Waals surface area contributed by atoms with Gasteiger partial charge in [0.25, 0.3) is 0 Å². The molecule has 0 N–H and O–H groups in total.